The van der Waals surface area contributed by atoms with Crippen molar-refractivity contribution >= 4 is 45.8 Å². The minimum absolute atomic E-state index is 0.503. The van der Waals surface area contributed by atoms with Crippen LogP contribution in [0.25, 0.3) is 0 Å². The highest BCUT2D eigenvalue weighted by atomic mass is 32.1. The van der Waals surface area contributed by atoms with E-state index in [9.17, 15) is 0 Å². The van der Waals surface area contributed by atoms with Crippen molar-refractivity contribution < 1.29 is 4.74 Å². The Morgan fingerprint density at radius 2 is 2.33 bits per heavy atom. The smallest absolute Gasteiger partial charge is 0.145 e. The number of thiocarbonyl (C=S) groups is 1. The second-order valence-corrected chi connectivity index (χ2v) is 4.81. The molecule has 1 aromatic carbocycles. The summed E-state index contributed by atoms with van der Waals surface area (Å²) in [5, 5.41) is 4.38. The van der Waals surface area contributed by atoms with Crippen LogP contribution in [0.4, 0.5) is 11.4 Å². The van der Waals surface area contributed by atoms with Gasteiger partial charge in [-0.15, -0.1) is 11.3 Å². The Morgan fingerprint density at radius 3 is 3.11 bits per heavy atom. The molecule has 0 radical (unpaired) electrons. The van der Waals surface area contributed by atoms with Gasteiger partial charge in [0.2, 0.25) is 0 Å². The van der Waals surface area contributed by atoms with E-state index in [0.717, 1.165) is 27.7 Å². The monoisotopic (exact) mass is 272 g/mol. The van der Waals surface area contributed by atoms with Gasteiger partial charge in [-0.1, -0.05) is 6.07 Å². The molecule has 5 heteroatoms. The van der Waals surface area contributed by atoms with E-state index in [1.54, 1.807) is 11.3 Å². The van der Waals surface area contributed by atoms with E-state index in [0.29, 0.717) is 6.61 Å². The third-order valence-electron chi connectivity index (χ3n) is 2.54. The highest BCUT2D eigenvalue weighted by Crippen LogP contribution is 2.35. The van der Waals surface area contributed by atoms with E-state index < -0.39 is 0 Å². The van der Waals surface area contributed by atoms with E-state index >= 15 is 0 Å². The summed E-state index contributed by atoms with van der Waals surface area (Å²) in [6, 6.07) is 9.59. The molecule has 88 valence electrons. The second-order valence-electron chi connectivity index (χ2n) is 3.68. The zero-order valence-corrected chi connectivity index (χ0v) is 10.9. The van der Waals surface area contributed by atoms with Gasteiger partial charge in [-0.3, -0.25) is 0 Å². The van der Waals surface area contributed by atoms with Gasteiger partial charge in [-0.05, 0) is 41.9 Å². The molecular weight excluding hydrogens is 264 g/mol. The number of ether oxygens (including phenoxy) is 1. The summed E-state index contributed by atoms with van der Waals surface area (Å²) >= 11 is 6.25. The summed E-state index contributed by atoms with van der Waals surface area (Å²) in [5.41, 5.74) is 2.47. The average Bonchev–Trinajstić information content (AvgIpc) is 2.92. The molecular formula is C13H8N2OS2. The third kappa shape index (κ3) is 2.11. The number of fused-ring (bicyclic) bond motifs is 1. The molecule has 0 saturated heterocycles. The number of benzene rings is 1. The minimum Gasteiger partial charge on any atom is -0.485 e. The maximum atomic E-state index is 5.68. The summed E-state index contributed by atoms with van der Waals surface area (Å²) in [5.74, 6) is 0.777. The number of aliphatic imine (C=N–C) groups is 2. The van der Waals surface area contributed by atoms with Gasteiger partial charge in [0.05, 0.1) is 21.4 Å². The van der Waals surface area contributed by atoms with Crippen LogP contribution in [0, 0.1) is 0 Å². The van der Waals surface area contributed by atoms with Crippen LogP contribution >= 0.6 is 23.6 Å². The highest BCUT2D eigenvalue weighted by molar-refractivity contribution is 7.78. The Balaban J connectivity index is 2.05. The van der Waals surface area contributed by atoms with Crippen molar-refractivity contribution in [2.45, 2.75) is 0 Å². The lowest BCUT2D eigenvalue weighted by Crippen LogP contribution is -2.14. The van der Waals surface area contributed by atoms with Gasteiger partial charge in [-0.25, -0.2) is 4.99 Å². The van der Waals surface area contributed by atoms with Crippen molar-refractivity contribution in [3.05, 3.63) is 40.6 Å². The normalized spacial score (nSPS) is 13.0. The first-order chi connectivity index (χ1) is 8.86. The maximum absolute atomic E-state index is 5.68. The zero-order valence-electron chi connectivity index (χ0n) is 9.29. The van der Waals surface area contributed by atoms with Gasteiger partial charge in [0.15, 0.2) is 0 Å². The first kappa shape index (κ1) is 11.3. The first-order valence-electron chi connectivity index (χ1n) is 5.33. The number of hydrogen-bond donors (Lipinski definition) is 0. The molecule has 2 heterocycles. The van der Waals surface area contributed by atoms with E-state index in [4.69, 9.17) is 4.74 Å². The molecule has 0 amide bonds. The molecule has 2 aromatic rings. The van der Waals surface area contributed by atoms with Gasteiger partial charge >= 0.3 is 0 Å². The van der Waals surface area contributed by atoms with Crippen molar-refractivity contribution in [3.63, 3.8) is 0 Å². The lowest BCUT2D eigenvalue weighted by Gasteiger charge is -2.16. The van der Waals surface area contributed by atoms with E-state index in [-0.39, 0.29) is 0 Å². The largest absolute Gasteiger partial charge is 0.485 e. The molecule has 0 saturated carbocycles. The van der Waals surface area contributed by atoms with Crippen LogP contribution in [0.5, 0.6) is 5.75 Å². The van der Waals surface area contributed by atoms with Crippen LogP contribution in [0.2, 0.25) is 0 Å². The molecule has 0 N–H and O–H groups in total. The standard InChI is InChI=1S/C13H8N2OS2/c17-8-14-9-3-4-12-10(6-9)15-11(7-16-12)13-2-1-5-18-13/h1-6H,7H2. The van der Waals surface area contributed by atoms with Crippen LogP contribution in [0.15, 0.2) is 45.7 Å². The molecule has 0 bridgehead atoms. The average molecular weight is 272 g/mol. The fourth-order valence-corrected chi connectivity index (χ4v) is 2.54. The van der Waals surface area contributed by atoms with Crippen LogP contribution in [0.3, 0.4) is 0 Å². The van der Waals surface area contributed by atoms with Crippen LogP contribution in [-0.2, 0) is 0 Å². The first-order valence-corrected chi connectivity index (χ1v) is 6.62. The van der Waals surface area contributed by atoms with E-state index in [2.05, 4.69) is 27.4 Å². The lowest BCUT2D eigenvalue weighted by atomic mass is 10.2. The Hall–Kier alpha value is -1.81. The molecule has 0 aliphatic carbocycles. The quantitative estimate of drug-likeness (QED) is 0.611. The molecule has 1 aromatic heterocycles. The van der Waals surface area contributed by atoms with E-state index in [1.165, 1.54) is 0 Å². The summed E-state index contributed by atoms with van der Waals surface area (Å²) in [7, 11) is 0. The maximum Gasteiger partial charge on any atom is 0.145 e. The number of nitrogens with zero attached hydrogens (tertiary/aromatic N) is 2. The Morgan fingerprint density at radius 1 is 1.39 bits per heavy atom. The van der Waals surface area contributed by atoms with Gasteiger partial charge in [0, 0.05) is 0 Å². The fourth-order valence-electron chi connectivity index (χ4n) is 1.73. The minimum atomic E-state index is 0.503. The third-order valence-corrected chi connectivity index (χ3v) is 3.55. The summed E-state index contributed by atoms with van der Waals surface area (Å²) < 4.78 is 5.68. The van der Waals surface area contributed by atoms with Crippen LogP contribution < -0.4 is 4.74 Å². The predicted octanol–water partition coefficient (Wildman–Crippen LogP) is 4.00. The number of thiophene rings is 1. The lowest BCUT2D eigenvalue weighted by molar-refractivity contribution is 0.373. The molecule has 1 aliphatic heterocycles. The van der Waals surface area contributed by atoms with Gasteiger partial charge in [0.1, 0.15) is 18.0 Å². The summed E-state index contributed by atoms with van der Waals surface area (Å²) in [6.07, 6.45) is 0. The van der Waals surface area contributed by atoms with Crippen molar-refractivity contribution in [1.82, 2.24) is 0 Å². The Labute approximate surface area is 113 Å². The Kier molecular flexibility index (Phi) is 3.02. The number of hydrogen-bond acceptors (Lipinski definition) is 5. The number of rotatable bonds is 2. The molecule has 0 atom stereocenters. The van der Waals surface area contributed by atoms with Gasteiger partial charge in [-0.2, -0.15) is 4.99 Å². The highest BCUT2D eigenvalue weighted by Gasteiger charge is 2.15. The van der Waals surface area contributed by atoms with Crippen molar-refractivity contribution in [1.29, 1.82) is 0 Å². The topological polar surface area (TPSA) is 34.0 Å². The molecule has 0 fully saturated rings. The van der Waals surface area contributed by atoms with Gasteiger partial charge < -0.3 is 4.74 Å². The fraction of sp³-hybridized carbons (Fsp3) is 0.0769. The molecule has 0 spiro atoms. The molecule has 0 unspecified atom stereocenters. The Bertz CT molecular complexity index is 656. The van der Waals surface area contributed by atoms with Crippen LogP contribution in [-0.4, -0.2) is 17.5 Å². The van der Waals surface area contributed by atoms with Crippen LogP contribution in [0.1, 0.15) is 4.88 Å². The summed E-state index contributed by atoms with van der Waals surface area (Å²) in [4.78, 5) is 9.69. The SMILES string of the molecule is S=C=Nc1ccc2c(c1)N=C(c1cccs1)CO2. The number of isothiocyanates is 1. The van der Waals surface area contributed by atoms with E-state index in [1.807, 2.05) is 35.7 Å². The van der Waals surface area contributed by atoms with Gasteiger partial charge in [0.25, 0.3) is 0 Å². The molecule has 1 aliphatic rings. The van der Waals surface area contributed by atoms with Crippen molar-refractivity contribution in [3.8, 4) is 5.75 Å². The molecule has 3 rings (SSSR count). The molecule has 3 nitrogen and oxygen atoms in total. The zero-order chi connectivity index (χ0) is 12.4. The summed E-state index contributed by atoms with van der Waals surface area (Å²) in [6.45, 7) is 0.503. The van der Waals surface area contributed by atoms with Crippen molar-refractivity contribution in [2.75, 3.05) is 6.61 Å². The predicted molar refractivity (Wildman–Crippen MR) is 77.1 cm³/mol. The van der Waals surface area contributed by atoms with Crippen molar-refractivity contribution in [2.24, 2.45) is 9.98 Å². The molecule has 18 heavy (non-hydrogen) atoms. The second kappa shape index (κ2) is 4.82.